The lowest BCUT2D eigenvalue weighted by atomic mass is 10.0. The predicted molar refractivity (Wildman–Crippen MR) is 124 cm³/mol. The second kappa shape index (κ2) is 11.5. The monoisotopic (exact) mass is 484 g/mol. The Balaban J connectivity index is 0.00000364. The van der Waals surface area contributed by atoms with Crippen molar-refractivity contribution in [3.8, 4) is 11.5 Å². The molecule has 0 aliphatic heterocycles. The van der Waals surface area contributed by atoms with Crippen molar-refractivity contribution in [1.29, 1.82) is 0 Å². The van der Waals surface area contributed by atoms with Gasteiger partial charge in [0, 0.05) is 23.5 Å². The second-order valence-electron chi connectivity index (χ2n) is 6.28. The van der Waals surface area contributed by atoms with E-state index in [1.165, 1.54) is 0 Å². The summed E-state index contributed by atoms with van der Waals surface area (Å²) in [5, 5.41) is 6.59. The van der Waals surface area contributed by atoms with Gasteiger partial charge in [-0.15, -0.1) is 24.0 Å². The molecule has 1 unspecified atom stereocenters. The van der Waals surface area contributed by atoms with Crippen LogP contribution in [0.5, 0.6) is 11.5 Å². The topological polar surface area (TPSA) is 80.9 Å². The van der Waals surface area contributed by atoms with Crippen molar-refractivity contribution < 1.29 is 9.47 Å². The summed E-state index contributed by atoms with van der Waals surface area (Å²) in [6.45, 7) is 4.89. The van der Waals surface area contributed by atoms with E-state index in [1.807, 2.05) is 48.5 Å². The van der Waals surface area contributed by atoms with Gasteiger partial charge in [-0.25, -0.2) is 0 Å². The summed E-state index contributed by atoms with van der Waals surface area (Å²) >= 11 is 0. The summed E-state index contributed by atoms with van der Waals surface area (Å²) in [6, 6.07) is 15.8. The number of methoxy groups -OCH3 is 2. The maximum atomic E-state index is 6.05. The average molecular weight is 484 g/mol. The molecular formula is C20H29IN4O2. The van der Waals surface area contributed by atoms with Crippen LogP contribution in [0.3, 0.4) is 0 Å². The van der Waals surface area contributed by atoms with E-state index in [0.717, 1.165) is 11.4 Å². The van der Waals surface area contributed by atoms with Gasteiger partial charge in [-0.2, -0.15) is 0 Å². The third-order valence-electron chi connectivity index (χ3n) is 4.04. The molecule has 0 spiro atoms. The molecule has 0 heterocycles. The number of anilines is 2. The zero-order chi connectivity index (χ0) is 18.9. The number of benzene rings is 2. The van der Waals surface area contributed by atoms with Crippen LogP contribution in [0.15, 0.2) is 53.5 Å². The maximum absolute atomic E-state index is 6.05. The van der Waals surface area contributed by atoms with Crippen LogP contribution < -0.4 is 25.8 Å². The van der Waals surface area contributed by atoms with Crippen molar-refractivity contribution in [2.24, 2.45) is 16.6 Å². The molecule has 0 bridgehead atoms. The van der Waals surface area contributed by atoms with Gasteiger partial charge in [0.25, 0.3) is 0 Å². The zero-order valence-electron chi connectivity index (χ0n) is 16.2. The van der Waals surface area contributed by atoms with Gasteiger partial charge in [0.15, 0.2) is 17.5 Å². The Morgan fingerprint density at radius 3 is 2.26 bits per heavy atom. The maximum Gasteiger partial charge on any atom is 0.193 e. The summed E-state index contributed by atoms with van der Waals surface area (Å²) in [5.74, 6) is 2.07. The number of aliphatic imine (C=N–C) groups is 1. The quantitative estimate of drug-likeness (QED) is 0.298. The largest absolute Gasteiger partial charge is 0.493 e. The van der Waals surface area contributed by atoms with Crippen LogP contribution in [0.2, 0.25) is 0 Å². The molecule has 2 aromatic carbocycles. The lowest BCUT2D eigenvalue weighted by Gasteiger charge is -2.22. The first kappa shape index (κ1) is 22.9. The average Bonchev–Trinajstić information content (AvgIpc) is 2.65. The van der Waals surface area contributed by atoms with Crippen molar-refractivity contribution in [3.63, 3.8) is 0 Å². The minimum absolute atomic E-state index is 0. The number of hydrogen-bond donors (Lipinski definition) is 3. The van der Waals surface area contributed by atoms with Crippen LogP contribution in [-0.2, 0) is 0 Å². The summed E-state index contributed by atoms with van der Waals surface area (Å²) in [7, 11) is 3.20. The number of hydrogen-bond acceptors (Lipinski definition) is 4. The molecule has 4 N–H and O–H groups in total. The van der Waals surface area contributed by atoms with Crippen LogP contribution in [0.1, 0.15) is 13.8 Å². The van der Waals surface area contributed by atoms with E-state index in [0.29, 0.717) is 29.9 Å². The Morgan fingerprint density at radius 2 is 1.67 bits per heavy atom. The van der Waals surface area contributed by atoms with Crippen molar-refractivity contribution in [3.05, 3.63) is 48.5 Å². The van der Waals surface area contributed by atoms with Crippen LogP contribution >= 0.6 is 24.0 Å². The van der Waals surface area contributed by atoms with Crippen molar-refractivity contribution in [1.82, 2.24) is 0 Å². The van der Waals surface area contributed by atoms with E-state index < -0.39 is 0 Å². The molecule has 27 heavy (non-hydrogen) atoms. The highest BCUT2D eigenvalue weighted by Gasteiger charge is 2.13. The van der Waals surface area contributed by atoms with E-state index >= 15 is 0 Å². The van der Waals surface area contributed by atoms with Crippen molar-refractivity contribution in [2.45, 2.75) is 19.9 Å². The highest BCUT2D eigenvalue weighted by molar-refractivity contribution is 14.0. The molecule has 2 aromatic rings. The van der Waals surface area contributed by atoms with Crippen LogP contribution in [0.4, 0.5) is 11.4 Å². The first-order valence-corrected chi connectivity index (χ1v) is 8.64. The highest BCUT2D eigenvalue weighted by Crippen LogP contribution is 2.29. The Hall–Kier alpha value is -2.16. The van der Waals surface area contributed by atoms with Gasteiger partial charge in [-0.1, -0.05) is 32.0 Å². The fourth-order valence-corrected chi connectivity index (χ4v) is 2.47. The van der Waals surface area contributed by atoms with E-state index in [4.69, 9.17) is 15.2 Å². The Labute approximate surface area is 178 Å². The fourth-order valence-electron chi connectivity index (χ4n) is 2.47. The zero-order valence-corrected chi connectivity index (χ0v) is 18.6. The van der Waals surface area contributed by atoms with Gasteiger partial charge in [0.05, 0.1) is 20.8 Å². The van der Waals surface area contributed by atoms with E-state index in [1.54, 1.807) is 14.2 Å². The second-order valence-corrected chi connectivity index (χ2v) is 6.28. The summed E-state index contributed by atoms with van der Waals surface area (Å²) < 4.78 is 10.5. The number of nitrogens with two attached hydrogens (primary N) is 1. The number of guanidine groups is 1. The third-order valence-corrected chi connectivity index (χ3v) is 4.04. The smallest absolute Gasteiger partial charge is 0.193 e. The molecule has 0 saturated carbocycles. The third kappa shape index (κ3) is 7.16. The van der Waals surface area contributed by atoms with Gasteiger partial charge in [-0.05, 0) is 30.2 Å². The molecule has 2 rings (SSSR count). The van der Waals surface area contributed by atoms with E-state index in [2.05, 4.69) is 29.5 Å². The number of para-hydroxylation sites is 1. The van der Waals surface area contributed by atoms with Crippen molar-refractivity contribution >= 4 is 41.3 Å². The highest BCUT2D eigenvalue weighted by atomic mass is 127. The molecule has 0 aliphatic rings. The molecule has 0 saturated heterocycles. The molecule has 0 aromatic heterocycles. The summed E-state index contributed by atoms with van der Waals surface area (Å²) in [4.78, 5) is 4.48. The molecule has 6 nitrogen and oxygen atoms in total. The molecule has 0 amide bonds. The van der Waals surface area contributed by atoms with Crippen LogP contribution in [-0.4, -0.2) is 32.8 Å². The number of nitrogens with zero attached hydrogens (tertiary/aromatic N) is 1. The standard InChI is InChI=1S/C20H28N4O2.HI/c1-14(2)17(23-15-8-6-5-7-9-15)13-22-20(21)24-16-10-11-18(25-3)19(12-16)26-4;/h5-12,14,17,23H,13H2,1-4H3,(H3,21,22,24);1H. The number of ether oxygens (including phenoxy) is 2. The van der Waals surface area contributed by atoms with Gasteiger partial charge in [-0.3, -0.25) is 4.99 Å². The molecule has 0 radical (unpaired) electrons. The Kier molecular flexibility index (Phi) is 9.77. The molecule has 0 fully saturated rings. The minimum atomic E-state index is 0. The van der Waals surface area contributed by atoms with E-state index in [9.17, 15) is 0 Å². The SMILES string of the molecule is COc1ccc(NC(N)=NCC(Nc2ccccc2)C(C)C)cc1OC.I. The molecule has 148 valence electrons. The number of halogens is 1. The summed E-state index contributed by atoms with van der Waals surface area (Å²) in [6.07, 6.45) is 0. The molecular weight excluding hydrogens is 455 g/mol. The minimum Gasteiger partial charge on any atom is -0.493 e. The van der Waals surface area contributed by atoms with Gasteiger partial charge >= 0.3 is 0 Å². The molecule has 1 atom stereocenters. The van der Waals surface area contributed by atoms with Crippen LogP contribution in [0, 0.1) is 5.92 Å². The normalized spacial score (nSPS) is 12.1. The molecule has 0 aliphatic carbocycles. The van der Waals surface area contributed by atoms with Gasteiger partial charge in [0.2, 0.25) is 0 Å². The van der Waals surface area contributed by atoms with E-state index in [-0.39, 0.29) is 30.0 Å². The first-order chi connectivity index (χ1) is 12.5. The van der Waals surface area contributed by atoms with Crippen LogP contribution in [0.25, 0.3) is 0 Å². The van der Waals surface area contributed by atoms with Crippen molar-refractivity contribution in [2.75, 3.05) is 31.4 Å². The lowest BCUT2D eigenvalue weighted by molar-refractivity contribution is 0.355. The Bertz CT molecular complexity index is 723. The van der Waals surface area contributed by atoms with Gasteiger partial charge < -0.3 is 25.8 Å². The summed E-state index contributed by atoms with van der Waals surface area (Å²) in [5.41, 5.74) is 7.92. The molecule has 7 heteroatoms. The lowest BCUT2D eigenvalue weighted by Crippen LogP contribution is -2.31. The Morgan fingerprint density at radius 1 is 1.00 bits per heavy atom. The number of nitrogens with one attached hydrogen (secondary N) is 2. The number of rotatable bonds is 8. The van der Waals surface area contributed by atoms with Gasteiger partial charge in [0.1, 0.15) is 0 Å². The predicted octanol–water partition coefficient (Wildman–Crippen LogP) is 4.19. The first-order valence-electron chi connectivity index (χ1n) is 8.64. The fraction of sp³-hybridized carbons (Fsp3) is 0.350.